The molecule has 3 aromatic carbocycles. The minimum Gasteiger partial charge on any atom is -0.426 e. The zero-order chi connectivity index (χ0) is 28.8. The van der Waals surface area contributed by atoms with Gasteiger partial charge in [-0.25, -0.2) is 0 Å². The summed E-state index contributed by atoms with van der Waals surface area (Å²) < 4.78 is 39.1. The SMILES string of the molecule is O=C(NCC1=NOC(Cc2ccccc2)(C(=O)N[C@@H](Cc2ccccc2)B(O)O)C1)c1cccc(C(F)(F)F)c1. The van der Waals surface area contributed by atoms with Gasteiger partial charge in [-0.2, -0.15) is 13.2 Å². The van der Waals surface area contributed by atoms with Crippen LogP contribution in [0.15, 0.2) is 90.1 Å². The summed E-state index contributed by atoms with van der Waals surface area (Å²) in [5.74, 6) is -2.42. The topological polar surface area (TPSA) is 120 Å². The minimum absolute atomic E-state index is 0.0455. The molecule has 1 heterocycles. The lowest BCUT2D eigenvalue weighted by Crippen LogP contribution is -2.56. The molecule has 1 aliphatic heterocycles. The van der Waals surface area contributed by atoms with Crippen LogP contribution in [0.5, 0.6) is 0 Å². The molecule has 3 aromatic rings. The third-order valence-electron chi connectivity index (χ3n) is 6.47. The molecule has 0 saturated heterocycles. The van der Waals surface area contributed by atoms with E-state index in [4.69, 9.17) is 4.84 Å². The quantitative estimate of drug-likeness (QED) is 0.288. The number of rotatable bonds is 10. The first-order chi connectivity index (χ1) is 19.1. The van der Waals surface area contributed by atoms with Gasteiger partial charge in [-0.1, -0.05) is 71.9 Å². The Morgan fingerprint density at radius 1 is 0.975 bits per heavy atom. The van der Waals surface area contributed by atoms with Crippen molar-refractivity contribution in [3.8, 4) is 0 Å². The Morgan fingerprint density at radius 3 is 2.25 bits per heavy atom. The van der Waals surface area contributed by atoms with Gasteiger partial charge in [-0.15, -0.1) is 0 Å². The van der Waals surface area contributed by atoms with Gasteiger partial charge in [0, 0.05) is 18.4 Å². The Bertz CT molecular complexity index is 1360. The second-order valence-corrected chi connectivity index (χ2v) is 9.53. The van der Waals surface area contributed by atoms with Gasteiger partial charge < -0.3 is 25.5 Å². The second-order valence-electron chi connectivity index (χ2n) is 9.53. The molecular weight excluding hydrogens is 526 g/mol. The zero-order valence-corrected chi connectivity index (χ0v) is 21.3. The third kappa shape index (κ3) is 7.27. The zero-order valence-electron chi connectivity index (χ0n) is 21.3. The van der Waals surface area contributed by atoms with Crippen molar-refractivity contribution in [2.24, 2.45) is 5.16 Å². The van der Waals surface area contributed by atoms with E-state index in [0.717, 1.165) is 29.3 Å². The number of oxime groups is 1. The van der Waals surface area contributed by atoms with Crippen LogP contribution in [0.3, 0.4) is 0 Å². The maximum absolute atomic E-state index is 13.6. The normalized spacial score (nSPS) is 17.4. The Labute approximate surface area is 229 Å². The Kier molecular flexibility index (Phi) is 8.91. The van der Waals surface area contributed by atoms with Crippen LogP contribution in [0.4, 0.5) is 13.2 Å². The lowest BCUT2D eigenvalue weighted by molar-refractivity contribution is -0.144. The van der Waals surface area contributed by atoms with E-state index in [-0.39, 0.29) is 37.1 Å². The fraction of sp³-hybridized carbons (Fsp3) is 0.250. The summed E-state index contributed by atoms with van der Waals surface area (Å²) in [6, 6.07) is 22.0. The van der Waals surface area contributed by atoms with Crippen molar-refractivity contribution in [3.05, 3.63) is 107 Å². The number of carbonyl (C=O) groups is 2. The molecule has 12 heteroatoms. The van der Waals surface area contributed by atoms with Crippen LogP contribution in [-0.4, -0.2) is 52.8 Å². The molecule has 8 nitrogen and oxygen atoms in total. The molecule has 4 rings (SSSR count). The van der Waals surface area contributed by atoms with Crippen LogP contribution in [0, 0.1) is 0 Å². The fourth-order valence-corrected chi connectivity index (χ4v) is 4.38. The number of nitrogens with zero attached hydrogens (tertiary/aromatic N) is 1. The van der Waals surface area contributed by atoms with E-state index < -0.39 is 42.2 Å². The van der Waals surface area contributed by atoms with Crippen LogP contribution in [0.1, 0.15) is 33.5 Å². The first kappa shape index (κ1) is 28.8. The number of hydrogen-bond acceptors (Lipinski definition) is 6. The highest BCUT2D eigenvalue weighted by molar-refractivity contribution is 6.43. The van der Waals surface area contributed by atoms with E-state index in [1.54, 1.807) is 48.5 Å². The van der Waals surface area contributed by atoms with Crippen LogP contribution < -0.4 is 10.6 Å². The van der Waals surface area contributed by atoms with Crippen molar-refractivity contribution in [1.82, 2.24) is 10.6 Å². The summed E-state index contributed by atoms with van der Waals surface area (Å²) in [5.41, 5.74) is -0.859. The Morgan fingerprint density at radius 2 is 1.62 bits per heavy atom. The van der Waals surface area contributed by atoms with Crippen molar-refractivity contribution < 1.29 is 37.6 Å². The summed E-state index contributed by atoms with van der Waals surface area (Å²) in [7, 11) is -1.86. The molecule has 40 heavy (non-hydrogen) atoms. The first-order valence-electron chi connectivity index (χ1n) is 12.5. The monoisotopic (exact) mass is 553 g/mol. The summed E-state index contributed by atoms with van der Waals surface area (Å²) in [6.07, 6.45) is -4.40. The van der Waals surface area contributed by atoms with Crippen molar-refractivity contribution in [1.29, 1.82) is 0 Å². The van der Waals surface area contributed by atoms with Gasteiger partial charge in [0.05, 0.1) is 23.8 Å². The first-order valence-corrected chi connectivity index (χ1v) is 12.5. The maximum Gasteiger partial charge on any atom is 0.475 e. The number of alkyl halides is 3. The van der Waals surface area contributed by atoms with Crippen molar-refractivity contribution in [2.75, 3.05) is 6.54 Å². The average molecular weight is 553 g/mol. The minimum atomic E-state index is -4.59. The summed E-state index contributed by atoms with van der Waals surface area (Å²) in [4.78, 5) is 31.8. The molecular formula is C28H27BF3N3O5. The molecule has 4 N–H and O–H groups in total. The van der Waals surface area contributed by atoms with Gasteiger partial charge >= 0.3 is 13.3 Å². The van der Waals surface area contributed by atoms with Gasteiger partial charge in [0.15, 0.2) is 0 Å². The highest BCUT2D eigenvalue weighted by Crippen LogP contribution is 2.30. The number of benzene rings is 3. The molecule has 1 unspecified atom stereocenters. The highest BCUT2D eigenvalue weighted by Gasteiger charge is 2.48. The fourth-order valence-electron chi connectivity index (χ4n) is 4.38. The Hall–Kier alpha value is -4.16. The van der Waals surface area contributed by atoms with E-state index in [9.17, 15) is 32.8 Å². The molecule has 0 fully saturated rings. The number of nitrogens with one attached hydrogen (secondary N) is 2. The number of amides is 2. The summed E-state index contributed by atoms with van der Waals surface area (Å²) in [5, 5.41) is 29.1. The highest BCUT2D eigenvalue weighted by atomic mass is 19.4. The van der Waals surface area contributed by atoms with Gasteiger partial charge in [0.1, 0.15) is 0 Å². The average Bonchev–Trinajstić information content (AvgIpc) is 3.36. The van der Waals surface area contributed by atoms with Crippen LogP contribution in [-0.2, 0) is 28.7 Å². The van der Waals surface area contributed by atoms with Gasteiger partial charge in [-0.05, 0) is 35.7 Å². The molecule has 0 radical (unpaired) electrons. The third-order valence-corrected chi connectivity index (χ3v) is 6.47. The van der Waals surface area contributed by atoms with Crippen molar-refractivity contribution in [3.63, 3.8) is 0 Å². The predicted molar refractivity (Wildman–Crippen MR) is 142 cm³/mol. The summed E-state index contributed by atoms with van der Waals surface area (Å²) >= 11 is 0. The predicted octanol–water partition coefficient (Wildman–Crippen LogP) is 2.93. The van der Waals surface area contributed by atoms with Crippen molar-refractivity contribution in [2.45, 2.75) is 37.0 Å². The molecule has 1 aliphatic rings. The summed E-state index contributed by atoms with van der Waals surface area (Å²) in [6.45, 7) is -0.172. The van der Waals surface area contributed by atoms with E-state index in [2.05, 4.69) is 15.8 Å². The molecule has 0 spiro atoms. The van der Waals surface area contributed by atoms with Crippen molar-refractivity contribution >= 4 is 24.6 Å². The van der Waals surface area contributed by atoms with Crippen LogP contribution in [0.25, 0.3) is 0 Å². The number of hydrogen-bond donors (Lipinski definition) is 4. The smallest absolute Gasteiger partial charge is 0.426 e. The Balaban J connectivity index is 1.47. The lowest BCUT2D eigenvalue weighted by Gasteiger charge is -2.28. The number of carbonyl (C=O) groups excluding carboxylic acids is 2. The molecule has 0 saturated carbocycles. The molecule has 208 valence electrons. The van der Waals surface area contributed by atoms with Crippen LogP contribution >= 0.6 is 0 Å². The van der Waals surface area contributed by atoms with Gasteiger partial charge in [0.25, 0.3) is 11.8 Å². The second kappa shape index (κ2) is 12.4. The molecule has 2 atom stereocenters. The largest absolute Gasteiger partial charge is 0.475 e. The van der Waals surface area contributed by atoms with E-state index in [1.165, 1.54) is 6.07 Å². The van der Waals surface area contributed by atoms with E-state index in [1.807, 2.05) is 12.1 Å². The van der Waals surface area contributed by atoms with E-state index in [0.29, 0.717) is 0 Å². The maximum atomic E-state index is 13.6. The molecule has 2 amide bonds. The van der Waals surface area contributed by atoms with Gasteiger partial charge in [-0.3, -0.25) is 9.59 Å². The van der Waals surface area contributed by atoms with Gasteiger partial charge in [0.2, 0.25) is 5.60 Å². The lowest BCUT2D eigenvalue weighted by atomic mass is 9.75. The molecule has 0 aromatic heterocycles. The molecule has 0 aliphatic carbocycles. The van der Waals surface area contributed by atoms with E-state index >= 15 is 0 Å². The standard InChI is InChI=1S/C28H27BF3N3O5/c30-28(31,32)22-13-7-12-21(15-22)25(36)33-18-23-17-27(40-35-23,16-20-10-5-2-6-11-20)26(37)34-24(29(38)39)14-19-8-3-1-4-9-19/h1-13,15,24,38-39H,14,16-18H2,(H,33,36)(H,34,37)/t24-,27?/m0/s1. The molecule has 0 bridgehead atoms. The van der Waals surface area contributed by atoms with Crippen LogP contribution in [0.2, 0.25) is 0 Å². The number of halogens is 3.